The summed E-state index contributed by atoms with van der Waals surface area (Å²) in [6.07, 6.45) is 2.12. The Morgan fingerprint density at radius 2 is 2.04 bits per heavy atom. The lowest BCUT2D eigenvalue weighted by Crippen LogP contribution is -2.37. The van der Waals surface area contributed by atoms with Gasteiger partial charge in [-0.3, -0.25) is 4.99 Å². The molecule has 1 aromatic carbocycles. The average molecular weight is 347 g/mol. The molecule has 0 fully saturated rings. The Balaban J connectivity index is 1.72. The number of guanidine groups is 1. The molecular weight excluding hydrogens is 320 g/mol. The van der Waals surface area contributed by atoms with Crippen molar-refractivity contribution < 1.29 is 4.74 Å². The third-order valence-corrected chi connectivity index (χ3v) is 4.39. The number of benzene rings is 1. The highest BCUT2D eigenvalue weighted by Crippen LogP contribution is 2.23. The Morgan fingerprint density at radius 1 is 1.21 bits per heavy atom. The summed E-state index contributed by atoms with van der Waals surface area (Å²) in [5.74, 6) is 0.806. The summed E-state index contributed by atoms with van der Waals surface area (Å²) in [4.78, 5) is 8.91. The second-order valence-electron chi connectivity index (χ2n) is 5.27. The lowest BCUT2D eigenvalue weighted by atomic mass is 10.2. The molecule has 0 atom stereocenters. The first-order valence-corrected chi connectivity index (χ1v) is 9.23. The molecule has 0 saturated heterocycles. The largest absolute Gasteiger partial charge is 0.382 e. The zero-order valence-corrected chi connectivity index (χ0v) is 15.2. The fraction of sp³-hybridized carbons (Fsp3) is 0.444. The van der Waals surface area contributed by atoms with Gasteiger partial charge in [-0.15, -0.1) is 11.3 Å². The molecule has 0 aliphatic heterocycles. The molecule has 1 heterocycles. The maximum absolute atomic E-state index is 5.33. The molecule has 0 aliphatic rings. The highest BCUT2D eigenvalue weighted by molar-refractivity contribution is 7.13. The van der Waals surface area contributed by atoms with Crippen molar-refractivity contribution in [1.82, 2.24) is 15.6 Å². The van der Waals surface area contributed by atoms with E-state index in [0.29, 0.717) is 6.54 Å². The number of rotatable bonds is 9. The van der Waals surface area contributed by atoms with E-state index in [-0.39, 0.29) is 0 Å². The zero-order valence-electron chi connectivity index (χ0n) is 14.4. The number of nitrogens with zero attached hydrogens (tertiary/aromatic N) is 2. The Kier molecular flexibility index (Phi) is 8.27. The first-order valence-electron chi connectivity index (χ1n) is 8.35. The van der Waals surface area contributed by atoms with Crippen LogP contribution in [0.4, 0.5) is 0 Å². The van der Waals surface area contributed by atoms with Gasteiger partial charge in [-0.05, 0) is 19.8 Å². The Hall–Kier alpha value is -1.92. The molecule has 2 N–H and O–H groups in total. The fourth-order valence-electron chi connectivity index (χ4n) is 2.18. The molecule has 130 valence electrons. The minimum Gasteiger partial charge on any atom is -0.382 e. The number of hydrogen-bond donors (Lipinski definition) is 2. The third kappa shape index (κ3) is 6.29. The first kappa shape index (κ1) is 18.4. The standard InChI is InChI=1S/C18H26N4OS/c1-3-23-12-8-7-11-20-18(19-2)21-13-16-14-24-17(22-16)15-9-5-4-6-10-15/h4-6,9-10,14H,3,7-8,11-13H2,1-2H3,(H2,19,20,21). The molecule has 0 amide bonds. The molecule has 0 aliphatic carbocycles. The third-order valence-electron chi connectivity index (χ3n) is 3.45. The van der Waals surface area contributed by atoms with Crippen molar-refractivity contribution >= 4 is 17.3 Å². The van der Waals surface area contributed by atoms with E-state index in [1.807, 2.05) is 25.1 Å². The number of ether oxygens (including phenoxy) is 1. The maximum Gasteiger partial charge on any atom is 0.191 e. The average Bonchev–Trinajstić information content (AvgIpc) is 3.10. The van der Waals surface area contributed by atoms with Gasteiger partial charge in [-0.1, -0.05) is 30.3 Å². The normalized spacial score (nSPS) is 11.5. The SMILES string of the molecule is CCOCCCCNC(=NC)NCc1csc(-c2ccccc2)n1. The molecular formula is C18H26N4OS. The molecule has 5 nitrogen and oxygen atoms in total. The van der Waals surface area contributed by atoms with Gasteiger partial charge >= 0.3 is 0 Å². The highest BCUT2D eigenvalue weighted by atomic mass is 32.1. The van der Waals surface area contributed by atoms with Crippen LogP contribution in [-0.2, 0) is 11.3 Å². The number of unbranched alkanes of at least 4 members (excludes halogenated alkanes) is 1. The van der Waals surface area contributed by atoms with E-state index in [0.717, 1.165) is 54.8 Å². The van der Waals surface area contributed by atoms with Gasteiger partial charge in [0.25, 0.3) is 0 Å². The second kappa shape index (κ2) is 10.8. The van der Waals surface area contributed by atoms with E-state index in [2.05, 4.69) is 38.1 Å². The molecule has 6 heteroatoms. The van der Waals surface area contributed by atoms with Gasteiger partial charge in [-0.2, -0.15) is 0 Å². The summed E-state index contributed by atoms with van der Waals surface area (Å²) in [5.41, 5.74) is 2.18. The molecule has 2 aromatic rings. The van der Waals surface area contributed by atoms with Crippen molar-refractivity contribution in [2.24, 2.45) is 4.99 Å². The van der Waals surface area contributed by atoms with Crippen LogP contribution in [0, 0.1) is 0 Å². The molecule has 1 aromatic heterocycles. The van der Waals surface area contributed by atoms with Gasteiger partial charge in [0.15, 0.2) is 5.96 Å². The minimum absolute atomic E-state index is 0.669. The highest BCUT2D eigenvalue weighted by Gasteiger charge is 2.05. The van der Waals surface area contributed by atoms with E-state index in [1.165, 1.54) is 0 Å². The van der Waals surface area contributed by atoms with Crippen molar-refractivity contribution in [2.75, 3.05) is 26.8 Å². The summed E-state index contributed by atoms with van der Waals surface area (Å²) in [5, 5.41) is 9.75. The summed E-state index contributed by atoms with van der Waals surface area (Å²) >= 11 is 1.67. The van der Waals surface area contributed by atoms with Crippen LogP contribution in [-0.4, -0.2) is 37.7 Å². The summed E-state index contributed by atoms with van der Waals surface area (Å²) in [6.45, 7) is 5.19. The molecule has 0 unspecified atom stereocenters. The molecule has 0 saturated carbocycles. The topological polar surface area (TPSA) is 58.5 Å². The van der Waals surface area contributed by atoms with Crippen LogP contribution in [0.5, 0.6) is 0 Å². The lowest BCUT2D eigenvalue weighted by Gasteiger charge is -2.10. The van der Waals surface area contributed by atoms with Crippen molar-refractivity contribution in [3.63, 3.8) is 0 Å². The summed E-state index contributed by atoms with van der Waals surface area (Å²) in [6, 6.07) is 10.2. The van der Waals surface area contributed by atoms with Crippen LogP contribution in [0.15, 0.2) is 40.7 Å². The number of aromatic nitrogens is 1. The van der Waals surface area contributed by atoms with E-state index >= 15 is 0 Å². The second-order valence-corrected chi connectivity index (χ2v) is 6.12. The van der Waals surface area contributed by atoms with Crippen molar-refractivity contribution in [2.45, 2.75) is 26.3 Å². The predicted octanol–water partition coefficient (Wildman–Crippen LogP) is 3.29. The molecule has 24 heavy (non-hydrogen) atoms. The van der Waals surface area contributed by atoms with E-state index < -0.39 is 0 Å². The summed E-state index contributed by atoms with van der Waals surface area (Å²) in [7, 11) is 1.78. The van der Waals surface area contributed by atoms with E-state index in [1.54, 1.807) is 18.4 Å². The molecule has 0 spiro atoms. The van der Waals surface area contributed by atoms with Crippen LogP contribution >= 0.6 is 11.3 Å². The molecule has 2 rings (SSSR count). The quantitative estimate of drug-likeness (QED) is 0.415. The van der Waals surface area contributed by atoms with Gasteiger partial charge in [-0.25, -0.2) is 4.98 Å². The van der Waals surface area contributed by atoms with Gasteiger partial charge in [0, 0.05) is 37.7 Å². The fourth-order valence-corrected chi connectivity index (χ4v) is 3.00. The Bertz CT molecular complexity index is 612. The molecule has 0 radical (unpaired) electrons. The van der Waals surface area contributed by atoms with Crippen LogP contribution < -0.4 is 10.6 Å². The van der Waals surface area contributed by atoms with Crippen LogP contribution in [0.1, 0.15) is 25.5 Å². The number of nitrogens with one attached hydrogen (secondary N) is 2. The van der Waals surface area contributed by atoms with Crippen LogP contribution in [0.25, 0.3) is 10.6 Å². The smallest absolute Gasteiger partial charge is 0.191 e. The number of aliphatic imine (C=N–C) groups is 1. The summed E-state index contributed by atoms with van der Waals surface area (Å²) < 4.78 is 5.33. The molecule has 0 bridgehead atoms. The first-order chi connectivity index (χ1) is 11.8. The van der Waals surface area contributed by atoms with Gasteiger partial charge in [0.1, 0.15) is 5.01 Å². The van der Waals surface area contributed by atoms with Gasteiger partial charge in [0.05, 0.1) is 12.2 Å². The monoisotopic (exact) mass is 346 g/mol. The zero-order chi connectivity index (χ0) is 17.0. The van der Waals surface area contributed by atoms with Crippen molar-refractivity contribution in [3.8, 4) is 10.6 Å². The van der Waals surface area contributed by atoms with Crippen molar-refractivity contribution in [1.29, 1.82) is 0 Å². The Morgan fingerprint density at radius 3 is 2.79 bits per heavy atom. The number of thiazole rings is 1. The Labute approximate surface area is 148 Å². The van der Waals surface area contributed by atoms with Crippen LogP contribution in [0.3, 0.4) is 0 Å². The van der Waals surface area contributed by atoms with E-state index in [9.17, 15) is 0 Å². The van der Waals surface area contributed by atoms with Crippen molar-refractivity contribution in [3.05, 3.63) is 41.4 Å². The minimum atomic E-state index is 0.669. The lowest BCUT2D eigenvalue weighted by molar-refractivity contribution is 0.143. The van der Waals surface area contributed by atoms with Gasteiger partial charge < -0.3 is 15.4 Å². The number of hydrogen-bond acceptors (Lipinski definition) is 4. The predicted molar refractivity (Wildman–Crippen MR) is 101 cm³/mol. The van der Waals surface area contributed by atoms with E-state index in [4.69, 9.17) is 4.74 Å². The van der Waals surface area contributed by atoms with Gasteiger partial charge in [0.2, 0.25) is 0 Å². The maximum atomic E-state index is 5.33. The van der Waals surface area contributed by atoms with Crippen LogP contribution in [0.2, 0.25) is 0 Å².